The number of fused-ring (bicyclic) bond motifs is 7. The van der Waals surface area contributed by atoms with Crippen LogP contribution in [0.3, 0.4) is 0 Å². The number of anilines is 8. The Labute approximate surface area is 344 Å². The lowest BCUT2D eigenvalue weighted by Crippen LogP contribution is -2.61. The Morgan fingerprint density at radius 3 is 1.85 bits per heavy atom. The van der Waals surface area contributed by atoms with E-state index in [1.807, 2.05) is 0 Å². The van der Waals surface area contributed by atoms with Gasteiger partial charge in [0.2, 0.25) is 0 Å². The summed E-state index contributed by atoms with van der Waals surface area (Å²) in [5.74, 6) is 0. The Hall–Kier alpha value is -7.50. The van der Waals surface area contributed by atoms with Gasteiger partial charge in [-0.2, -0.15) is 0 Å². The third kappa shape index (κ3) is 5.25. The fourth-order valence-electron chi connectivity index (χ4n) is 9.89. The molecule has 0 spiro atoms. The Morgan fingerprint density at radius 1 is 0.424 bits per heavy atom. The van der Waals surface area contributed by atoms with E-state index >= 15 is 0 Å². The van der Waals surface area contributed by atoms with Gasteiger partial charge in [-0.25, -0.2) is 0 Å². The van der Waals surface area contributed by atoms with Crippen molar-refractivity contribution in [2.75, 3.05) is 14.7 Å². The molecule has 0 saturated carbocycles. The maximum absolute atomic E-state index is 2.53. The van der Waals surface area contributed by atoms with Gasteiger partial charge in [0.25, 0.3) is 6.71 Å². The van der Waals surface area contributed by atoms with E-state index in [0.717, 1.165) is 35.6 Å². The summed E-state index contributed by atoms with van der Waals surface area (Å²) in [4.78, 5) is 7.41. The molecule has 0 N–H and O–H groups in total. The highest BCUT2D eigenvalue weighted by atomic mass is 15.2. The van der Waals surface area contributed by atoms with Crippen molar-refractivity contribution in [1.82, 2.24) is 4.57 Å². The van der Waals surface area contributed by atoms with Crippen LogP contribution < -0.4 is 31.1 Å². The maximum Gasteiger partial charge on any atom is 0.252 e. The molecule has 9 aromatic rings. The Bertz CT molecular complexity index is 3130. The van der Waals surface area contributed by atoms with E-state index in [0.29, 0.717) is 0 Å². The van der Waals surface area contributed by atoms with Gasteiger partial charge in [0.05, 0.1) is 11.0 Å². The average molecular weight is 755 g/mol. The van der Waals surface area contributed by atoms with Crippen LogP contribution in [-0.4, -0.2) is 11.3 Å². The summed E-state index contributed by atoms with van der Waals surface area (Å²) in [6.07, 6.45) is 9.12. The topological polar surface area (TPSA) is 14.7 Å². The van der Waals surface area contributed by atoms with Gasteiger partial charge in [-0.3, -0.25) is 0 Å². The van der Waals surface area contributed by atoms with Gasteiger partial charge in [0.15, 0.2) is 0 Å². The van der Waals surface area contributed by atoms with Crippen molar-refractivity contribution in [1.29, 1.82) is 0 Å². The first-order valence-corrected chi connectivity index (χ1v) is 20.6. The minimum Gasteiger partial charge on any atom is -0.312 e. The molecular weight excluding hydrogens is 715 g/mol. The van der Waals surface area contributed by atoms with Crippen molar-refractivity contribution in [3.8, 4) is 5.69 Å². The van der Waals surface area contributed by atoms with E-state index < -0.39 is 0 Å². The molecule has 59 heavy (non-hydrogen) atoms. The molecule has 278 valence electrons. The molecule has 0 saturated heterocycles. The standard InChI is InChI=1S/C54H39BN4/c1-5-18-38(19-6-1)56(42-33-35-49-45(36-42)44-26-13-15-28-48(44)57(49)39-20-7-2-8-21-39)43-32-34-47-53(37-43)59(41-24-11-4-12-25-41)52-31-17-30-51-54(52)55(47)46-27-14-16-29-50(46)58(51)40-22-9-3-10-23-40/h1-3,5-11,13-37H,4,12H2. The van der Waals surface area contributed by atoms with Crippen LogP contribution in [0.15, 0.2) is 218 Å². The van der Waals surface area contributed by atoms with Crippen LogP contribution in [0.1, 0.15) is 12.8 Å². The van der Waals surface area contributed by atoms with Gasteiger partial charge in [-0.05, 0) is 126 Å². The smallest absolute Gasteiger partial charge is 0.252 e. The molecule has 2 aliphatic heterocycles. The lowest BCUT2D eigenvalue weighted by Gasteiger charge is -2.44. The number of benzene rings is 8. The summed E-state index contributed by atoms with van der Waals surface area (Å²) in [7, 11) is 0. The summed E-state index contributed by atoms with van der Waals surface area (Å²) in [6.45, 7) is 0.0662. The largest absolute Gasteiger partial charge is 0.312 e. The van der Waals surface area contributed by atoms with Gasteiger partial charge in [-0.15, -0.1) is 0 Å². The summed E-state index contributed by atoms with van der Waals surface area (Å²) in [5, 5.41) is 2.46. The Kier molecular flexibility index (Phi) is 7.73. The highest BCUT2D eigenvalue weighted by Crippen LogP contribution is 2.45. The van der Waals surface area contributed by atoms with Gasteiger partial charge < -0.3 is 19.3 Å². The van der Waals surface area contributed by atoms with Crippen molar-refractivity contribution in [3.05, 3.63) is 218 Å². The maximum atomic E-state index is 2.53. The second kappa shape index (κ2) is 13.6. The number of para-hydroxylation sites is 5. The zero-order chi connectivity index (χ0) is 38.9. The van der Waals surface area contributed by atoms with Crippen molar-refractivity contribution in [2.45, 2.75) is 12.8 Å². The van der Waals surface area contributed by atoms with Crippen molar-refractivity contribution in [2.24, 2.45) is 0 Å². The predicted molar refractivity (Wildman–Crippen MR) is 250 cm³/mol. The molecule has 5 heteroatoms. The lowest BCUT2D eigenvalue weighted by molar-refractivity contribution is 0.998. The molecule has 0 atom stereocenters. The molecule has 3 heterocycles. The van der Waals surface area contributed by atoms with E-state index in [-0.39, 0.29) is 6.71 Å². The fourth-order valence-corrected chi connectivity index (χ4v) is 9.89. The first-order chi connectivity index (χ1) is 29.3. The monoisotopic (exact) mass is 754 g/mol. The van der Waals surface area contributed by atoms with Gasteiger partial charge in [-0.1, -0.05) is 115 Å². The van der Waals surface area contributed by atoms with Crippen LogP contribution in [0, 0.1) is 0 Å². The molecule has 1 aliphatic carbocycles. The number of rotatable bonds is 6. The van der Waals surface area contributed by atoms with Gasteiger partial charge in [0.1, 0.15) is 0 Å². The molecule has 0 bridgehead atoms. The molecule has 0 radical (unpaired) electrons. The zero-order valence-electron chi connectivity index (χ0n) is 32.5. The van der Waals surface area contributed by atoms with E-state index in [4.69, 9.17) is 0 Å². The second-order valence-electron chi connectivity index (χ2n) is 15.6. The van der Waals surface area contributed by atoms with Gasteiger partial charge >= 0.3 is 0 Å². The highest BCUT2D eigenvalue weighted by Gasteiger charge is 2.43. The molecule has 12 rings (SSSR count). The van der Waals surface area contributed by atoms with Crippen LogP contribution in [0.5, 0.6) is 0 Å². The van der Waals surface area contributed by atoms with Crippen LogP contribution in [-0.2, 0) is 0 Å². The third-order valence-corrected chi connectivity index (χ3v) is 12.3. The SMILES string of the molecule is C1=CC(N2c3cc(N(c4ccccc4)c4ccc5c(c4)c4ccccc4n5-c4ccccc4)ccc3B3c4ccccc4N(c4ccccc4)c4cccc2c43)=CCC1. The van der Waals surface area contributed by atoms with Crippen molar-refractivity contribution < 1.29 is 0 Å². The zero-order valence-corrected chi connectivity index (χ0v) is 32.5. The van der Waals surface area contributed by atoms with E-state index in [2.05, 4.69) is 232 Å². The first kappa shape index (κ1) is 33.6. The molecule has 0 unspecified atom stereocenters. The number of hydrogen-bond acceptors (Lipinski definition) is 3. The third-order valence-electron chi connectivity index (χ3n) is 12.3. The summed E-state index contributed by atoms with van der Waals surface area (Å²) in [6, 6.07) is 71.1. The highest BCUT2D eigenvalue weighted by molar-refractivity contribution is 7.00. The van der Waals surface area contributed by atoms with Crippen LogP contribution in [0.2, 0.25) is 0 Å². The van der Waals surface area contributed by atoms with E-state index in [1.165, 1.54) is 72.3 Å². The minimum atomic E-state index is 0.0662. The lowest BCUT2D eigenvalue weighted by atomic mass is 9.33. The molecule has 4 nitrogen and oxygen atoms in total. The molecule has 1 aromatic heterocycles. The van der Waals surface area contributed by atoms with Gasteiger partial charge in [0, 0.05) is 67.7 Å². The fraction of sp³-hybridized carbons (Fsp3) is 0.0370. The summed E-state index contributed by atoms with van der Waals surface area (Å²) >= 11 is 0. The molecule has 0 fully saturated rings. The Morgan fingerprint density at radius 2 is 1.05 bits per heavy atom. The van der Waals surface area contributed by atoms with Crippen LogP contribution >= 0.6 is 0 Å². The average Bonchev–Trinajstić information content (AvgIpc) is 3.64. The quantitative estimate of drug-likeness (QED) is 0.157. The Balaban J connectivity index is 1.08. The van der Waals surface area contributed by atoms with Crippen molar-refractivity contribution >= 4 is 90.4 Å². The van der Waals surface area contributed by atoms with Crippen LogP contribution in [0.25, 0.3) is 27.5 Å². The van der Waals surface area contributed by atoms with Crippen LogP contribution in [0.4, 0.5) is 45.5 Å². The number of aromatic nitrogens is 1. The summed E-state index contributed by atoms with van der Waals surface area (Å²) < 4.78 is 2.39. The number of nitrogens with zero attached hydrogens (tertiary/aromatic N) is 4. The second-order valence-corrected chi connectivity index (χ2v) is 15.6. The van der Waals surface area contributed by atoms with Crippen molar-refractivity contribution in [3.63, 3.8) is 0 Å². The van der Waals surface area contributed by atoms with E-state index in [1.54, 1.807) is 0 Å². The van der Waals surface area contributed by atoms with E-state index in [9.17, 15) is 0 Å². The molecular formula is C54H39BN4. The first-order valence-electron chi connectivity index (χ1n) is 20.6. The minimum absolute atomic E-state index is 0.0662. The molecule has 3 aliphatic rings. The number of allylic oxidation sites excluding steroid dienone is 3. The summed E-state index contributed by atoms with van der Waals surface area (Å²) in [5.41, 5.74) is 18.1. The normalized spacial score (nSPS) is 13.9. The molecule has 8 aromatic carbocycles. The predicted octanol–water partition coefficient (Wildman–Crippen LogP) is 12.2. The number of hydrogen-bond donors (Lipinski definition) is 0. The molecule has 0 amide bonds.